The Morgan fingerprint density at radius 2 is 1.70 bits per heavy atom. The molecule has 4 nitrogen and oxygen atoms in total. The van der Waals surface area contributed by atoms with Crippen LogP contribution < -0.4 is 10.2 Å². The van der Waals surface area contributed by atoms with Crippen LogP contribution in [0.4, 0.5) is 5.69 Å². The molecule has 0 aliphatic rings. The Hall–Kier alpha value is -2.36. The minimum Gasteiger partial charge on any atom is -0.378 e. The Bertz CT molecular complexity index is 550. The first-order chi connectivity index (χ1) is 9.65. The van der Waals surface area contributed by atoms with E-state index in [0.29, 0.717) is 13.0 Å². The van der Waals surface area contributed by atoms with Gasteiger partial charge in [0.05, 0.1) is 6.42 Å². The second kappa shape index (κ2) is 6.70. The number of amides is 1. The normalized spacial score (nSPS) is 10.1. The van der Waals surface area contributed by atoms with Crippen molar-refractivity contribution in [2.24, 2.45) is 0 Å². The molecule has 0 spiro atoms. The molecule has 0 atom stereocenters. The van der Waals surface area contributed by atoms with Crippen LogP contribution in [0.1, 0.15) is 11.1 Å². The van der Waals surface area contributed by atoms with Crippen molar-refractivity contribution >= 4 is 11.6 Å². The molecule has 1 aromatic heterocycles. The van der Waals surface area contributed by atoms with Gasteiger partial charge in [0.15, 0.2) is 0 Å². The van der Waals surface area contributed by atoms with E-state index in [0.717, 1.165) is 16.8 Å². The van der Waals surface area contributed by atoms with Crippen molar-refractivity contribution in [2.75, 3.05) is 19.0 Å². The fourth-order valence-electron chi connectivity index (χ4n) is 1.86. The van der Waals surface area contributed by atoms with Crippen molar-refractivity contribution in [3.8, 4) is 0 Å². The van der Waals surface area contributed by atoms with Gasteiger partial charge in [-0.2, -0.15) is 0 Å². The third-order valence-corrected chi connectivity index (χ3v) is 3.06. The molecule has 1 N–H and O–H groups in total. The van der Waals surface area contributed by atoms with Gasteiger partial charge in [0.1, 0.15) is 0 Å². The number of nitrogens with zero attached hydrogens (tertiary/aromatic N) is 2. The first-order valence-corrected chi connectivity index (χ1v) is 6.57. The summed E-state index contributed by atoms with van der Waals surface area (Å²) in [6, 6.07) is 11.9. The van der Waals surface area contributed by atoms with E-state index in [9.17, 15) is 4.79 Å². The summed E-state index contributed by atoms with van der Waals surface area (Å²) in [5, 5.41) is 2.92. The van der Waals surface area contributed by atoms with E-state index < -0.39 is 0 Å². The fourth-order valence-corrected chi connectivity index (χ4v) is 1.86. The first-order valence-electron chi connectivity index (χ1n) is 6.57. The molecule has 0 saturated heterocycles. The van der Waals surface area contributed by atoms with E-state index in [2.05, 4.69) is 10.3 Å². The molecule has 0 radical (unpaired) electrons. The Morgan fingerprint density at radius 3 is 2.30 bits per heavy atom. The van der Waals surface area contributed by atoms with Gasteiger partial charge in [-0.3, -0.25) is 9.78 Å². The van der Waals surface area contributed by atoms with E-state index in [-0.39, 0.29) is 5.91 Å². The van der Waals surface area contributed by atoms with E-state index in [1.807, 2.05) is 55.4 Å². The zero-order valence-corrected chi connectivity index (χ0v) is 11.8. The maximum absolute atomic E-state index is 11.8. The van der Waals surface area contributed by atoms with Crippen LogP contribution in [0, 0.1) is 0 Å². The van der Waals surface area contributed by atoms with Crippen LogP contribution in [0.5, 0.6) is 0 Å². The van der Waals surface area contributed by atoms with Gasteiger partial charge in [0.2, 0.25) is 5.91 Å². The summed E-state index contributed by atoms with van der Waals surface area (Å²) in [6.45, 7) is 0.553. The standard InChI is InChI=1S/C16H19N3O/c1-19(2)15-5-3-14(4-6-15)12-18-16(20)11-13-7-9-17-10-8-13/h3-10H,11-12H2,1-2H3,(H,18,20). The van der Waals surface area contributed by atoms with Gasteiger partial charge >= 0.3 is 0 Å². The maximum Gasteiger partial charge on any atom is 0.224 e. The number of anilines is 1. The zero-order chi connectivity index (χ0) is 14.4. The lowest BCUT2D eigenvalue weighted by Gasteiger charge is -2.13. The highest BCUT2D eigenvalue weighted by Gasteiger charge is 2.03. The van der Waals surface area contributed by atoms with E-state index in [1.54, 1.807) is 12.4 Å². The quantitative estimate of drug-likeness (QED) is 0.903. The molecule has 0 saturated carbocycles. The molecule has 104 valence electrons. The first kappa shape index (κ1) is 14.1. The van der Waals surface area contributed by atoms with Crippen LogP contribution in [-0.4, -0.2) is 25.0 Å². The van der Waals surface area contributed by atoms with E-state index in [4.69, 9.17) is 0 Å². The molecule has 4 heteroatoms. The Kier molecular flexibility index (Phi) is 4.71. The van der Waals surface area contributed by atoms with Crippen molar-refractivity contribution in [1.82, 2.24) is 10.3 Å². The highest BCUT2D eigenvalue weighted by molar-refractivity contribution is 5.78. The lowest BCUT2D eigenvalue weighted by molar-refractivity contribution is -0.120. The molecule has 1 aromatic carbocycles. The number of benzene rings is 1. The number of hydrogen-bond acceptors (Lipinski definition) is 3. The fraction of sp³-hybridized carbons (Fsp3) is 0.250. The molecular formula is C16H19N3O. The largest absolute Gasteiger partial charge is 0.378 e. The minimum atomic E-state index is 0.0212. The summed E-state index contributed by atoms with van der Waals surface area (Å²) in [7, 11) is 4.01. The number of hydrogen-bond donors (Lipinski definition) is 1. The van der Waals surface area contributed by atoms with Gasteiger partial charge in [-0.05, 0) is 35.4 Å². The second-order valence-corrected chi connectivity index (χ2v) is 4.87. The van der Waals surface area contributed by atoms with Crippen molar-refractivity contribution in [3.05, 3.63) is 59.9 Å². The molecule has 0 bridgehead atoms. The Morgan fingerprint density at radius 1 is 1.05 bits per heavy atom. The summed E-state index contributed by atoms with van der Waals surface area (Å²) < 4.78 is 0. The van der Waals surface area contributed by atoms with Gasteiger partial charge in [-0.15, -0.1) is 0 Å². The number of rotatable bonds is 5. The highest BCUT2D eigenvalue weighted by atomic mass is 16.1. The molecule has 0 unspecified atom stereocenters. The molecule has 2 rings (SSSR count). The van der Waals surface area contributed by atoms with Crippen molar-refractivity contribution in [3.63, 3.8) is 0 Å². The van der Waals surface area contributed by atoms with Crippen LogP contribution in [0.3, 0.4) is 0 Å². The second-order valence-electron chi connectivity index (χ2n) is 4.87. The maximum atomic E-state index is 11.8. The number of nitrogens with one attached hydrogen (secondary N) is 1. The highest BCUT2D eigenvalue weighted by Crippen LogP contribution is 2.12. The van der Waals surface area contributed by atoms with Crippen molar-refractivity contribution in [1.29, 1.82) is 0 Å². The van der Waals surface area contributed by atoms with Crippen LogP contribution in [0.25, 0.3) is 0 Å². The summed E-state index contributed by atoms with van der Waals surface area (Å²) >= 11 is 0. The van der Waals surface area contributed by atoms with Gasteiger partial charge in [-0.1, -0.05) is 12.1 Å². The Labute approximate surface area is 119 Å². The lowest BCUT2D eigenvalue weighted by atomic mass is 10.1. The molecule has 2 aromatic rings. The monoisotopic (exact) mass is 269 g/mol. The average Bonchev–Trinajstić information content (AvgIpc) is 2.46. The third-order valence-electron chi connectivity index (χ3n) is 3.06. The molecule has 1 heterocycles. The smallest absolute Gasteiger partial charge is 0.224 e. The zero-order valence-electron chi connectivity index (χ0n) is 11.8. The lowest BCUT2D eigenvalue weighted by Crippen LogP contribution is -2.24. The topological polar surface area (TPSA) is 45.2 Å². The summed E-state index contributed by atoms with van der Waals surface area (Å²) in [5.74, 6) is 0.0212. The van der Waals surface area contributed by atoms with E-state index >= 15 is 0 Å². The third kappa shape index (κ3) is 4.09. The molecule has 1 amide bonds. The van der Waals surface area contributed by atoms with Crippen LogP contribution in [0.15, 0.2) is 48.8 Å². The van der Waals surface area contributed by atoms with Gasteiger partial charge in [0, 0.05) is 38.7 Å². The molecule has 20 heavy (non-hydrogen) atoms. The van der Waals surface area contributed by atoms with Crippen LogP contribution in [0.2, 0.25) is 0 Å². The average molecular weight is 269 g/mol. The van der Waals surface area contributed by atoms with Gasteiger partial charge < -0.3 is 10.2 Å². The number of pyridine rings is 1. The summed E-state index contributed by atoms with van der Waals surface area (Å²) in [4.78, 5) is 17.8. The number of aromatic nitrogens is 1. The summed E-state index contributed by atoms with van der Waals surface area (Å²) in [6.07, 6.45) is 3.78. The van der Waals surface area contributed by atoms with Crippen LogP contribution >= 0.6 is 0 Å². The number of carbonyl (C=O) groups excluding carboxylic acids is 1. The summed E-state index contributed by atoms with van der Waals surface area (Å²) in [5.41, 5.74) is 3.22. The SMILES string of the molecule is CN(C)c1ccc(CNC(=O)Cc2ccncc2)cc1. The van der Waals surface area contributed by atoms with Crippen molar-refractivity contribution in [2.45, 2.75) is 13.0 Å². The molecule has 0 fully saturated rings. The minimum absolute atomic E-state index is 0.0212. The molecule has 0 aliphatic heterocycles. The van der Waals surface area contributed by atoms with Crippen molar-refractivity contribution < 1.29 is 4.79 Å². The molecular weight excluding hydrogens is 250 g/mol. The molecule has 0 aliphatic carbocycles. The van der Waals surface area contributed by atoms with E-state index in [1.165, 1.54) is 0 Å². The predicted octanol–water partition coefficient (Wildman–Crippen LogP) is 2.01. The predicted molar refractivity (Wildman–Crippen MR) is 80.6 cm³/mol. The Balaban J connectivity index is 1.84. The number of carbonyl (C=O) groups is 1. The van der Waals surface area contributed by atoms with Crippen LogP contribution in [-0.2, 0) is 17.8 Å². The van der Waals surface area contributed by atoms with Gasteiger partial charge in [0.25, 0.3) is 0 Å². The van der Waals surface area contributed by atoms with Gasteiger partial charge in [-0.25, -0.2) is 0 Å².